The standard InChI is InChI=1S/C7H5FN4/c8-6-3-1-2-4-7(6)12-10-5-9-11-12/h1-5H. The summed E-state index contributed by atoms with van der Waals surface area (Å²) in [6.07, 6.45) is 1.26. The molecule has 0 saturated heterocycles. The lowest BCUT2D eigenvalue weighted by atomic mass is 10.3. The highest BCUT2D eigenvalue weighted by Crippen LogP contribution is 2.08. The van der Waals surface area contributed by atoms with Crippen molar-refractivity contribution in [3.05, 3.63) is 36.4 Å². The van der Waals surface area contributed by atoms with Gasteiger partial charge in [-0.3, -0.25) is 0 Å². The van der Waals surface area contributed by atoms with Crippen molar-refractivity contribution >= 4 is 0 Å². The van der Waals surface area contributed by atoms with Gasteiger partial charge >= 0.3 is 0 Å². The molecule has 1 heterocycles. The molecule has 12 heavy (non-hydrogen) atoms. The molecule has 0 aliphatic carbocycles. The fourth-order valence-corrected chi connectivity index (χ4v) is 0.891. The highest BCUT2D eigenvalue weighted by molar-refractivity contribution is 5.30. The van der Waals surface area contributed by atoms with Crippen LogP contribution in [0, 0.1) is 5.82 Å². The molecular formula is C7H5FN4. The molecule has 1 aromatic carbocycles. The van der Waals surface area contributed by atoms with Crippen LogP contribution in [0.15, 0.2) is 30.6 Å². The predicted molar refractivity (Wildman–Crippen MR) is 39.1 cm³/mol. The second kappa shape index (κ2) is 2.69. The Hall–Kier alpha value is -1.78. The van der Waals surface area contributed by atoms with Gasteiger partial charge in [-0.25, -0.2) is 4.39 Å². The van der Waals surface area contributed by atoms with Crippen molar-refractivity contribution in [1.29, 1.82) is 0 Å². The van der Waals surface area contributed by atoms with Crippen LogP contribution in [-0.4, -0.2) is 20.2 Å². The van der Waals surface area contributed by atoms with E-state index in [1.165, 1.54) is 12.4 Å². The Morgan fingerprint density at radius 2 is 2.08 bits per heavy atom. The average molecular weight is 164 g/mol. The molecule has 0 aliphatic heterocycles. The third-order valence-corrected chi connectivity index (χ3v) is 1.42. The molecule has 2 rings (SSSR count). The number of benzene rings is 1. The normalized spacial score (nSPS) is 10.1. The van der Waals surface area contributed by atoms with Gasteiger partial charge in [0.1, 0.15) is 5.69 Å². The summed E-state index contributed by atoms with van der Waals surface area (Å²) in [5.74, 6) is -0.365. The van der Waals surface area contributed by atoms with Crippen LogP contribution >= 0.6 is 0 Å². The van der Waals surface area contributed by atoms with Crippen LogP contribution in [0.25, 0.3) is 5.69 Å². The second-order valence-corrected chi connectivity index (χ2v) is 2.18. The van der Waals surface area contributed by atoms with Gasteiger partial charge in [0.05, 0.1) is 0 Å². The molecule has 0 N–H and O–H groups in total. The summed E-state index contributed by atoms with van der Waals surface area (Å²) in [6, 6.07) is 6.24. The fraction of sp³-hybridized carbons (Fsp3) is 0. The maximum atomic E-state index is 13.0. The number of aromatic nitrogens is 4. The number of hydrogen-bond acceptors (Lipinski definition) is 3. The summed E-state index contributed by atoms with van der Waals surface area (Å²) in [6.45, 7) is 0. The third kappa shape index (κ3) is 1.05. The quantitative estimate of drug-likeness (QED) is 0.626. The molecule has 0 aliphatic rings. The molecule has 4 nitrogen and oxygen atoms in total. The Balaban J connectivity index is 2.55. The molecule has 5 heteroatoms. The number of hydrogen-bond donors (Lipinski definition) is 0. The number of halogens is 1. The van der Waals surface area contributed by atoms with Crippen LogP contribution in [0.5, 0.6) is 0 Å². The molecule has 1 aromatic heterocycles. The molecule has 0 bridgehead atoms. The minimum Gasteiger partial charge on any atom is -0.205 e. The topological polar surface area (TPSA) is 43.6 Å². The lowest BCUT2D eigenvalue weighted by Gasteiger charge is -1.97. The Labute approximate surface area is 67.6 Å². The zero-order valence-electron chi connectivity index (χ0n) is 6.05. The average Bonchev–Trinajstić information content (AvgIpc) is 2.57. The fourth-order valence-electron chi connectivity index (χ4n) is 0.891. The van der Waals surface area contributed by atoms with Crippen LogP contribution in [0.2, 0.25) is 0 Å². The second-order valence-electron chi connectivity index (χ2n) is 2.18. The lowest BCUT2D eigenvalue weighted by Crippen LogP contribution is -2.01. The van der Waals surface area contributed by atoms with Crippen LogP contribution in [0.3, 0.4) is 0 Å². The highest BCUT2D eigenvalue weighted by atomic mass is 19.1. The van der Waals surface area contributed by atoms with E-state index in [2.05, 4.69) is 15.4 Å². The Kier molecular flexibility index (Phi) is 1.55. The Morgan fingerprint density at radius 3 is 2.75 bits per heavy atom. The van der Waals surface area contributed by atoms with Crippen LogP contribution in [-0.2, 0) is 0 Å². The number of tetrazole rings is 1. The molecule has 0 radical (unpaired) electrons. The van der Waals surface area contributed by atoms with E-state index < -0.39 is 0 Å². The summed E-state index contributed by atoms with van der Waals surface area (Å²) < 4.78 is 13.0. The van der Waals surface area contributed by atoms with Crippen molar-refractivity contribution in [3.63, 3.8) is 0 Å². The molecule has 0 fully saturated rings. The Bertz CT molecular complexity index is 371. The molecular weight excluding hydrogens is 159 g/mol. The summed E-state index contributed by atoms with van der Waals surface area (Å²) in [5, 5.41) is 10.7. The largest absolute Gasteiger partial charge is 0.205 e. The maximum absolute atomic E-state index is 13.0. The minimum absolute atomic E-state index is 0.301. The first-order valence-electron chi connectivity index (χ1n) is 3.36. The van der Waals surface area contributed by atoms with E-state index in [1.54, 1.807) is 18.2 Å². The van der Waals surface area contributed by atoms with Crippen molar-refractivity contribution in [2.24, 2.45) is 0 Å². The predicted octanol–water partition coefficient (Wildman–Crippen LogP) is 0.801. The number of para-hydroxylation sites is 1. The highest BCUT2D eigenvalue weighted by Gasteiger charge is 2.03. The van der Waals surface area contributed by atoms with Crippen molar-refractivity contribution in [1.82, 2.24) is 20.2 Å². The number of nitrogens with zero attached hydrogens (tertiary/aromatic N) is 4. The molecule has 2 aromatic rings. The smallest absolute Gasteiger partial charge is 0.162 e. The van der Waals surface area contributed by atoms with Gasteiger partial charge < -0.3 is 0 Å². The van der Waals surface area contributed by atoms with Gasteiger partial charge in [-0.2, -0.15) is 0 Å². The summed E-state index contributed by atoms with van der Waals surface area (Å²) >= 11 is 0. The van der Waals surface area contributed by atoms with E-state index in [4.69, 9.17) is 0 Å². The van der Waals surface area contributed by atoms with Gasteiger partial charge in [0.25, 0.3) is 0 Å². The van der Waals surface area contributed by atoms with Gasteiger partial charge in [0.2, 0.25) is 0 Å². The van der Waals surface area contributed by atoms with E-state index in [-0.39, 0.29) is 5.82 Å². The first-order valence-corrected chi connectivity index (χ1v) is 3.36. The molecule has 60 valence electrons. The summed E-state index contributed by atoms with van der Waals surface area (Å²) in [5.41, 5.74) is 0.301. The van der Waals surface area contributed by atoms with Crippen molar-refractivity contribution in [2.45, 2.75) is 0 Å². The van der Waals surface area contributed by atoms with Gasteiger partial charge in [-0.15, -0.1) is 15.0 Å². The molecule has 0 saturated carbocycles. The van der Waals surface area contributed by atoms with Crippen LogP contribution in [0.1, 0.15) is 0 Å². The lowest BCUT2D eigenvalue weighted by molar-refractivity contribution is 0.591. The molecule has 0 spiro atoms. The summed E-state index contributed by atoms with van der Waals surface area (Å²) in [4.78, 5) is 1.13. The van der Waals surface area contributed by atoms with E-state index in [0.29, 0.717) is 5.69 Å². The van der Waals surface area contributed by atoms with E-state index >= 15 is 0 Å². The molecule has 0 atom stereocenters. The number of rotatable bonds is 1. The zero-order valence-corrected chi connectivity index (χ0v) is 6.05. The van der Waals surface area contributed by atoms with Gasteiger partial charge in [-0.05, 0) is 17.3 Å². The maximum Gasteiger partial charge on any atom is 0.162 e. The van der Waals surface area contributed by atoms with E-state index in [1.807, 2.05) is 0 Å². The van der Waals surface area contributed by atoms with Crippen molar-refractivity contribution < 1.29 is 4.39 Å². The Morgan fingerprint density at radius 1 is 1.25 bits per heavy atom. The first kappa shape index (κ1) is 6.90. The minimum atomic E-state index is -0.365. The van der Waals surface area contributed by atoms with Crippen molar-refractivity contribution in [3.8, 4) is 5.69 Å². The van der Waals surface area contributed by atoms with Crippen LogP contribution in [0.4, 0.5) is 4.39 Å². The monoisotopic (exact) mass is 164 g/mol. The zero-order chi connectivity index (χ0) is 8.39. The third-order valence-electron chi connectivity index (χ3n) is 1.42. The van der Waals surface area contributed by atoms with Gasteiger partial charge in [0.15, 0.2) is 12.1 Å². The van der Waals surface area contributed by atoms with Crippen molar-refractivity contribution in [2.75, 3.05) is 0 Å². The molecule has 0 unspecified atom stereocenters. The van der Waals surface area contributed by atoms with E-state index in [9.17, 15) is 4.39 Å². The van der Waals surface area contributed by atoms with E-state index in [0.717, 1.165) is 4.80 Å². The van der Waals surface area contributed by atoms with Gasteiger partial charge in [0, 0.05) is 0 Å². The van der Waals surface area contributed by atoms with Crippen LogP contribution < -0.4 is 0 Å². The molecule has 0 amide bonds. The van der Waals surface area contributed by atoms with Gasteiger partial charge in [-0.1, -0.05) is 12.1 Å². The first-order chi connectivity index (χ1) is 5.88. The summed E-state index contributed by atoms with van der Waals surface area (Å²) in [7, 11) is 0. The SMILES string of the molecule is Fc1ccccc1-n1ncnn1.